The fraction of sp³-hybridized carbons (Fsp3) is 0.381. The molecule has 5 heterocycles. The van der Waals surface area contributed by atoms with Crippen molar-refractivity contribution >= 4 is 16.9 Å². The molecular weight excluding hydrogens is 437 g/mol. The van der Waals surface area contributed by atoms with E-state index >= 15 is 0 Å². The topological polar surface area (TPSA) is 86.7 Å². The van der Waals surface area contributed by atoms with Crippen molar-refractivity contribution in [2.45, 2.75) is 25.6 Å². The molecule has 0 fully saturated rings. The van der Waals surface area contributed by atoms with E-state index in [9.17, 15) is 18.0 Å². The largest absolute Gasteiger partial charge is 0.435 e. The molecule has 0 N–H and O–H groups in total. The number of aromatic nitrogens is 7. The van der Waals surface area contributed by atoms with E-state index in [1.807, 2.05) is 13.0 Å². The van der Waals surface area contributed by atoms with Gasteiger partial charge in [-0.15, -0.1) is 0 Å². The number of carbonyl (C=O) groups is 1. The van der Waals surface area contributed by atoms with Crippen LogP contribution in [0.4, 0.5) is 13.2 Å². The Morgan fingerprint density at radius 3 is 2.55 bits per heavy atom. The Bertz CT molecular complexity index is 1400. The van der Waals surface area contributed by atoms with Crippen LogP contribution in [0.15, 0.2) is 24.4 Å². The van der Waals surface area contributed by atoms with Crippen molar-refractivity contribution < 1.29 is 18.0 Å². The quantitative estimate of drug-likeness (QED) is 0.461. The molecule has 4 aromatic rings. The lowest BCUT2D eigenvalue weighted by Crippen LogP contribution is -2.39. The Kier molecular flexibility index (Phi) is 4.59. The molecule has 0 spiro atoms. The van der Waals surface area contributed by atoms with Crippen molar-refractivity contribution in [3.63, 3.8) is 0 Å². The van der Waals surface area contributed by atoms with Gasteiger partial charge in [-0.2, -0.15) is 28.5 Å². The molecule has 33 heavy (non-hydrogen) atoms. The SMILES string of the molecule is CC1c2nn(C)c(-c3cc(C(F)(F)F)nn3C)c2CCN1C(=O)c1ccc2c(cnn2C)n1. The summed E-state index contributed by atoms with van der Waals surface area (Å²) >= 11 is 0. The van der Waals surface area contributed by atoms with Crippen molar-refractivity contribution in [1.29, 1.82) is 0 Å². The number of nitrogens with zero attached hydrogens (tertiary/aromatic N) is 8. The fourth-order valence-electron chi connectivity index (χ4n) is 4.48. The summed E-state index contributed by atoms with van der Waals surface area (Å²) in [5, 5.41) is 12.4. The molecule has 0 aliphatic carbocycles. The molecule has 1 amide bonds. The minimum Gasteiger partial charge on any atom is -0.329 e. The van der Waals surface area contributed by atoms with Crippen LogP contribution in [0.2, 0.25) is 0 Å². The highest BCUT2D eigenvalue weighted by Gasteiger charge is 2.37. The summed E-state index contributed by atoms with van der Waals surface area (Å²) in [7, 11) is 4.97. The number of hydrogen-bond acceptors (Lipinski definition) is 5. The maximum Gasteiger partial charge on any atom is 0.435 e. The van der Waals surface area contributed by atoms with Gasteiger partial charge in [0, 0.05) is 33.3 Å². The van der Waals surface area contributed by atoms with Gasteiger partial charge in [0.2, 0.25) is 0 Å². The van der Waals surface area contributed by atoms with Crippen molar-refractivity contribution in [2.24, 2.45) is 21.1 Å². The zero-order chi connectivity index (χ0) is 23.7. The second-order valence-corrected chi connectivity index (χ2v) is 8.17. The van der Waals surface area contributed by atoms with E-state index in [-0.39, 0.29) is 11.9 Å². The van der Waals surface area contributed by atoms with E-state index in [4.69, 9.17) is 0 Å². The van der Waals surface area contributed by atoms with Crippen LogP contribution in [0.5, 0.6) is 0 Å². The van der Waals surface area contributed by atoms with Crippen LogP contribution in [0.25, 0.3) is 22.4 Å². The maximum atomic E-state index is 13.3. The minimum absolute atomic E-state index is 0.231. The summed E-state index contributed by atoms with van der Waals surface area (Å²) in [6, 6.07) is 4.14. The van der Waals surface area contributed by atoms with E-state index in [0.29, 0.717) is 41.3 Å². The van der Waals surface area contributed by atoms with Crippen LogP contribution in [0.1, 0.15) is 40.4 Å². The van der Waals surface area contributed by atoms with Gasteiger partial charge in [0.25, 0.3) is 5.91 Å². The molecule has 1 atom stereocenters. The molecule has 9 nitrogen and oxygen atoms in total. The molecule has 1 aliphatic heterocycles. The molecule has 172 valence electrons. The monoisotopic (exact) mass is 458 g/mol. The summed E-state index contributed by atoms with van der Waals surface area (Å²) < 4.78 is 44.0. The predicted octanol–water partition coefficient (Wildman–Crippen LogP) is 2.88. The number of rotatable bonds is 2. The van der Waals surface area contributed by atoms with Gasteiger partial charge in [0.15, 0.2) is 5.69 Å². The van der Waals surface area contributed by atoms with E-state index in [1.165, 1.54) is 11.7 Å². The first-order valence-corrected chi connectivity index (χ1v) is 10.3. The van der Waals surface area contributed by atoms with Gasteiger partial charge in [-0.25, -0.2) is 4.98 Å². The van der Waals surface area contributed by atoms with Crippen LogP contribution in [-0.2, 0) is 33.7 Å². The average molecular weight is 458 g/mol. The molecule has 0 aromatic carbocycles. The molecule has 1 aliphatic rings. The zero-order valence-electron chi connectivity index (χ0n) is 18.4. The first kappa shape index (κ1) is 21.2. The number of hydrogen-bond donors (Lipinski definition) is 0. The Morgan fingerprint density at radius 1 is 1.09 bits per heavy atom. The Hall–Kier alpha value is -3.70. The zero-order valence-corrected chi connectivity index (χ0v) is 18.4. The number of fused-ring (bicyclic) bond motifs is 2. The summed E-state index contributed by atoms with van der Waals surface area (Å²) in [6.07, 6.45) is -2.47. The van der Waals surface area contributed by atoms with Crippen LogP contribution in [0, 0.1) is 0 Å². The molecule has 0 saturated heterocycles. The van der Waals surface area contributed by atoms with Crippen molar-refractivity contribution in [2.75, 3.05) is 6.54 Å². The third kappa shape index (κ3) is 3.28. The van der Waals surface area contributed by atoms with E-state index in [1.54, 1.807) is 40.6 Å². The second-order valence-electron chi connectivity index (χ2n) is 8.17. The molecule has 12 heteroatoms. The van der Waals surface area contributed by atoms with Gasteiger partial charge < -0.3 is 4.90 Å². The van der Waals surface area contributed by atoms with Crippen molar-refractivity contribution in [3.05, 3.63) is 47.0 Å². The highest BCUT2D eigenvalue weighted by molar-refractivity contribution is 5.95. The smallest absolute Gasteiger partial charge is 0.329 e. The van der Waals surface area contributed by atoms with Gasteiger partial charge in [-0.1, -0.05) is 0 Å². The second kappa shape index (κ2) is 7.15. The lowest BCUT2D eigenvalue weighted by molar-refractivity contribution is -0.141. The maximum absolute atomic E-state index is 13.3. The minimum atomic E-state index is -4.53. The Balaban J connectivity index is 1.49. The van der Waals surface area contributed by atoms with Crippen LogP contribution >= 0.6 is 0 Å². The number of halogens is 3. The average Bonchev–Trinajstić information content (AvgIpc) is 3.42. The third-order valence-corrected chi connectivity index (χ3v) is 6.14. The number of carbonyl (C=O) groups excluding carboxylic acids is 1. The molecular formula is C21H21F3N8O. The first-order valence-electron chi connectivity index (χ1n) is 10.3. The summed E-state index contributed by atoms with van der Waals surface area (Å²) in [5.74, 6) is -0.231. The summed E-state index contributed by atoms with van der Waals surface area (Å²) in [6.45, 7) is 2.25. The number of pyridine rings is 1. The highest BCUT2D eigenvalue weighted by Crippen LogP contribution is 2.38. The summed E-state index contributed by atoms with van der Waals surface area (Å²) in [4.78, 5) is 19.4. The van der Waals surface area contributed by atoms with Gasteiger partial charge in [0.1, 0.15) is 11.2 Å². The van der Waals surface area contributed by atoms with E-state index in [2.05, 4.69) is 20.3 Å². The molecule has 5 rings (SSSR count). The number of alkyl halides is 3. The van der Waals surface area contributed by atoms with Gasteiger partial charge >= 0.3 is 6.18 Å². The highest BCUT2D eigenvalue weighted by atomic mass is 19.4. The van der Waals surface area contributed by atoms with E-state index in [0.717, 1.165) is 17.1 Å². The third-order valence-electron chi connectivity index (χ3n) is 6.14. The molecule has 1 unspecified atom stereocenters. The Labute approximate surface area is 186 Å². The van der Waals surface area contributed by atoms with Crippen molar-refractivity contribution in [3.8, 4) is 11.4 Å². The van der Waals surface area contributed by atoms with Crippen molar-refractivity contribution in [1.82, 2.24) is 39.2 Å². The first-order chi connectivity index (χ1) is 15.6. The number of aryl methyl sites for hydroxylation is 3. The normalized spacial score (nSPS) is 16.5. The fourth-order valence-corrected chi connectivity index (χ4v) is 4.48. The summed E-state index contributed by atoms with van der Waals surface area (Å²) in [5.41, 5.74) is 3.19. The Morgan fingerprint density at radius 2 is 1.85 bits per heavy atom. The lowest BCUT2D eigenvalue weighted by Gasteiger charge is -2.32. The predicted molar refractivity (Wildman–Crippen MR) is 112 cm³/mol. The van der Waals surface area contributed by atoms with Gasteiger partial charge in [0.05, 0.1) is 34.8 Å². The van der Waals surface area contributed by atoms with Crippen LogP contribution < -0.4 is 0 Å². The van der Waals surface area contributed by atoms with E-state index < -0.39 is 11.9 Å². The van der Waals surface area contributed by atoms with Gasteiger partial charge in [-0.3, -0.25) is 18.8 Å². The standard InChI is InChI=1S/C21H21F3N8O/c1-11-18-12(19(31(4)28-18)16-9-17(21(22,23)24)27-30(16)3)7-8-32(11)20(33)13-5-6-15-14(26-13)10-25-29(15)2/h5-6,9-11H,7-8H2,1-4H3. The van der Waals surface area contributed by atoms with Crippen LogP contribution in [-0.4, -0.2) is 51.7 Å². The molecule has 0 saturated carbocycles. The molecule has 4 aromatic heterocycles. The molecule has 0 bridgehead atoms. The number of amides is 1. The molecule has 0 radical (unpaired) electrons. The van der Waals surface area contributed by atoms with Gasteiger partial charge in [-0.05, 0) is 31.5 Å². The lowest BCUT2D eigenvalue weighted by atomic mass is 9.97. The van der Waals surface area contributed by atoms with Crippen LogP contribution in [0.3, 0.4) is 0 Å².